The van der Waals surface area contributed by atoms with Crippen LogP contribution in [0.15, 0.2) is 60.7 Å². The van der Waals surface area contributed by atoms with Crippen LogP contribution < -0.4 is 9.06 Å². The molecule has 164 valence electrons. The van der Waals surface area contributed by atoms with Crippen LogP contribution in [0.25, 0.3) is 11.1 Å². The van der Waals surface area contributed by atoms with Crippen LogP contribution in [0.1, 0.15) is 41.4 Å². The van der Waals surface area contributed by atoms with Gasteiger partial charge in [-0.25, -0.2) is 8.78 Å². The quantitative estimate of drug-likeness (QED) is 0.377. The molecule has 0 amide bonds. The Hall–Kier alpha value is -3.88. The lowest BCUT2D eigenvalue weighted by Gasteiger charge is -1.93. The fourth-order valence-corrected chi connectivity index (χ4v) is 6.39. The summed E-state index contributed by atoms with van der Waals surface area (Å²) in [5.41, 5.74) is 0.474. The van der Waals surface area contributed by atoms with Gasteiger partial charge in [-0.15, -0.1) is 22.7 Å². The smallest absolute Gasteiger partial charge is 0.199 e. The van der Waals surface area contributed by atoms with Crippen molar-refractivity contribution in [1.82, 2.24) is 0 Å². The SMILES string of the molecule is O=C1/C(=c2/cc/c(=c3/cc/c(=C4/C(=O)c5ccc(F)cc5C4=O)s3)s2)C(=O)c2cc(F)ccc21. The van der Waals surface area contributed by atoms with Crippen LogP contribution in [0.5, 0.6) is 0 Å². The number of carbonyl (C=O) groups is 4. The van der Waals surface area contributed by atoms with Crippen molar-refractivity contribution in [2.75, 3.05) is 0 Å². The Morgan fingerprint density at radius 3 is 1.21 bits per heavy atom. The largest absolute Gasteiger partial charge is 0.288 e. The van der Waals surface area contributed by atoms with E-state index in [2.05, 4.69) is 0 Å². The van der Waals surface area contributed by atoms with Gasteiger partial charge in [0.1, 0.15) is 11.6 Å². The third-order valence-corrected chi connectivity index (χ3v) is 8.20. The molecule has 2 aliphatic carbocycles. The van der Waals surface area contributed by atoms with Gasteiger partial charge in [0.15, 0.2) is 23.1 Å². The van der Waals surface area contributed by atoms with Gasteiger partial charge in [0, 0.05) is 40.4 Å². The zero-order chi connectivity index (χ0) is 23.7. The van der Waals surface area contributed by atoms with Crippen molar-refractivity contribution in [3.63, 3.8) is 0 Å². The molecule has 0 bridgehead atoms. The van der Waals surface area contributed by atoms with Crippen LogP contribution >= 0.6 is 22.7 Å². The fourth-order valence-electron chi connectivity index (χ4n) is 4.21. The Morgan fingerprint density at radius 1 is 0.441 bits per heavy atom. The Morgan fingerprint density at radius 2 is 0.794 bits per heavy atom. The Labute approximate surface area is 197 Å². The molecule has 8 heteroatoms. The molecular weight excluding hydrogens is 478 g/mol. The summed E-state index contributed by atoms with van der Waals surface area (Å²) in [6.07, 6.45) is 0. The van der Waals surface area contributed by atoms with Crippen molar-refractivity contribution >= 4 is 57.0 Å². The van der Waals surface area contributed by atoms with Crippen molar-refractivity contribution in [1.29, 1.82) is 0 Å². The second-order valence-corrected chi connectivity index (χ2v) is 9.94. The van der Waals surface area contributed by atoms with Gasteiger partial charge in [0.05, 0.1) is 11.1 Å². The average molecular weight is 488 g/mol. The highest BCUT2D eigenvalue weighted by molar-refractivity contribution is 7.12. The maximum Gasteiger partial charge on any atom is 0.199 e. The van der Waals surface area contributed by atoms with E-state index >= 15 is 0 Å². The maximum absolute atomic E-state index is 13.6. The van der Waals surface area contributed by atoms with Crippen molar-refractivity contribution < 1.29 is 28.0 Å². The van der Waals surface area contributed by atoms with Gasteiger partial charge in [0.2, 0.25) is 0 Å². The molecule has 0 saturated heterocycles. The van der Waals surface area contributed by atoms with Crippen LogP contribution in [0.2, 0.25) is 0 Å². The molecular formula is C26H10F2O4S2. The van der Waals surface area contributed by atoms with Gasteiger partial charge in [-0.2, -0.15) is 0 Å². The van der Waals surface area contributed by atoms with Gasteiger partial charge >= 0.3 is 0 Å². The van der Waals surface area contributed by atoms with Crippen LogP contribution in [0, 0.1) is 20.7 Å². The summed E-state index contributed by atoms with van der Waals surface area (Å²) in [5, 5.41) is 0. The Kier molecular flexibility index (Phi) is 4.45. The number of carbonyl (C=O) groups excluding carboxylic acids is 4. The van der Waals surface area contributed by atoms with Gasteiger partial charge in [0.25, 0.3) is 0 Å². The lowest BCUT2D eigenvalue weighted by atomic mass is 10.1. The molecule has 4 aromatic rings. The highest BCUT2D eigenvalue weighted by atomic mass is 32.1. The molecule has 2 aromatic heterocycles. The number of hydrogen-bond acceptors (Lipinski definition) is 6. The standard InChI is InChI=1S/C26H10F2O4S2/c27-11-1-3-13-15(9-11)25(31)21(23(13)29)19-7-5-17(33-19)18-6-8-20(34-18)22-24(30)14-4-2-12(28)10-16(14)26(22)32/h1-10H/b18-17+,21-19+,22-20+. The van der Waals surface area contributed by atoms with E-state index in [0.29, 0.717) is 9.06 Å². The van der Waals surface area contributed by atoms with E-state index in [4.69, 9.17) is 0 Å². The van der Waals surface area contributed by atoms with Crippen molar-refractivity contribution in [2.45, 2.75) is 0 Å². The lowest BCUT2D eigenvalue weighted by Crippen LogP contribution is -2.10. The zero-order valence-electron chi connectivity index (χ0n) is 17.0. The van der Waals surface area contributed by atoms with Crippen molar-refractivity contribution in [3.8, 4) is 0 Å². The highest BCUT2D eigenvalue weighted by Gasteiger charge is 2.35. The molecule has 0 fully saturated rings. The van der Waals surface area contributed by atoms with E-state index in [9.17, 15) is 28.0 Å². The summed E-state index contributed by atoms with van der Waals surface area (Å²) in [4.78, 5) is 51.1. The van der Waals surface area contributed by atoms with Crippen molar-refractivity contribution in [2.24, 2.45) is 0 Å². The topological polar surface area (TPSA) is 68.3 Å². The molecule has 0 unspecified atom stereocenters. The third kappa shape index (κ3) is 2.92. The summed E-state index contributed by atoms with van der Waals surface area (Å²) >= 11 is 2.44. The van der Waals surface area contributed by atoms with E-state index in [1.54, 1.807) is 24.3 Å². The summed E-state index contributed by atoms with van der Waals surface area (Å²) < 4.78 is 29.5. The molecule has 0 saturated carbocycles. The first-order valence-electron chi connectivity index (χ1n) is 10.1. The molecule has 0 radical (unpaired) electrons. The molecule has 2 aromatic carbocycles. The van der Waals surface area contributed by atoms with Gasteiger partial charge in [-0.3, -0.25) is 19.2 Å². The number of thiophene rings is 2. The van der Waals surface area contributed by atoms with Crippen LogP contribution in [0.3, 0.4) is 0 Å². The first-order chi connectivity index (χ1) is 16.3. The molecule has 2 heterocycles. The van der Waals surface area contributed by atoms with E-state index < -0.39 is 34.8 Å². The second-order valence-electron chi connectivity index (χ2n) is 7.77. The molecule has 0 N–H and O–H groups in total. The van der Waals surface area contributed by atoms with Crippen LogP contribution in [-0.2, 0) is 0 Å². The fraction of sp³-hybridized carbons (Fsp3) is 0. The van der Waals surface area contributed by atoms with Gasteiger partial charge < -0.3 is 0 Å². The maximum atomic E-state index is 13.6. The monoisotopic (exact) mass is 488 g/mol. The molecule has 0 atom stereocenters. The molecule has 0 spiro atoms. The Bertz CT molecular complexity index is 1720. The minimum Gasteiger partial charge on any atom is -0.288 e. The predicted octanol–water partition coefficient (Wildman–Crippen LogP) is 3.83. The van der Waals surface area contributed by atoms with Crippen molar-refractivity contribution in [3.05, 3.63) is 113 Å². The van der Waals surface area contributed by atoms with E-state index in [-0.39, 0.29) is 33.4 Å². The van der Waals surface area contributed by atoms with Crippen LogP contribution in [-0.4, -0.2) is 23.1 Å². The molecule has 0 aliphatic heterocycles. The number of fused-ring (bicyclic) bond motifs is 2. The first kappa shape index (κ1) is 20.7. The summed E-state index contributed by atoms with van der Waals surface area (Å²) in [5.74, 6) is -3.08. The van der Waals surface area contributed by atoms with E-state index in [1.165, 1.54) is 34.8 Å². The average Bonchev–Trinajstić information content (AvgIpc) is 3.56. The first-order valence-corrected chi connectivity index (χ1v) is 11.7. The van der Waals surface area contributed by atoms with Gasteiger partial charge in [-0.1, -0.05) is 0 Å². The number of rotatable bonds is 0. The predicted molar refractivity (Wildman–Crippen MR) is 122 cm³/mol. The number of hydrogen-bond donors (Lipinski definition) is 0. The number of ketones is 4. The zero-order valence-corrected chi connectivity index (χ0v) is 18.6. The molecule has 34 heavy (non-hydrogen) atoms. The van der Waals surface area contributed by atoms with Gasteiger partial charge in [-0.05, 0) is 60.7 Å². The highest BCUT2D eigenvalue weighted by Crippen LogP contribution is 2.29. The second kappa shape index (κ2) is 7.31. The number of halogens is 2. The van der Waals surface area contributed by atoms with E-state index in [0.717, 1.165) is 33.3 Å². The number of benzene rings is 2. The molecule has 4 nitrogen and oxygen atoms in total. The summed E-state index contributed by atoms with van der Waals surface area (Å²) in [6.45, 7) is 0. The van der Waals surface area contributed by atoms with Crippen LogP contribution in [0.4, 0.5) is 8.78 Å². The molecule has 2 aliphatic rings. The number of Topliss-reactive ketones (excluding diaryl/α,β-unsaturated/α-hetero) is 4. The normalized spacial score (nSPS) is 19.1. The molecule has 6 rings (SSSR count). The Balaban J connectivity index is 1.52. The third-order valence-electron chi connectivity index (χ3n) is 5.80. The van der Waals surface area contributed by atoms with E-state index in [1.807, 2.05) is 0 Å². The summed E-state index contributed by atoms with van der Waals surface area (Å²) in [6, 6.07) is 13.9. The summed E-state index contributed by atoms with van der Waals surface area (Å²) in [7, 11) is 0. The minimum atomic E-state index is -0.586. The minimum absolute atomic E-state index is 0.00151. The lowest BCUT2D eigenvalue weighted by molar-refractivity contribution is 0.101.